The Bertz CT molecular complexity index is 370. The van der Waals surface area contributed by atoms with Gasteiger partial charge in [0.1, 0.15) is 0 Å². The standard InChI is InChI=1S/C14H20O/c1-4-5-12-9-14(12,15)13-8-10(2)6-7-11(13)3/h6-8,12,15H,4-5,9H2,1-3H3. The third-order valence-corrected chi connectivity index (χ3v) is 3.57. The van der Waals surface area contributed by atoms with Crippen LogP contribution >= 0.6 is 0 Å². The van der Waals surface area contributed by atoms with Crippen LogP contribution < -0.4 is 0 Å². The van der Waals surface area contributed by atoms with Gasteiger partial charge in [-0.05, 0) is 43.7 Å². The molecule has 1 aliphatic rings. The van der Waals surface area contributed by atoms with E-state index in [1.54, 1.807) is 0 Å². The Kier molecular flexibility index (Phi) is 2.59. The van der Waals surface area contributed by atoms with Gasteiger partial charge < -0.3 is 5.11 Å². The molecule has 1 fully saturated rings. The molecule has 1 aromatic rings. The van der Waals surface area contributed by atoms with Crippen molar-refractivity contribution in [2.75, 3.05) is 0 Å². The molecule has 0 aromatic heterocycles. The van der Waals surface area contributed by atoms with Gasteiger partial charge in [-0.2, -0.15) is 0 Å². The van der Waals surface area contributed by atoms with Crippen molar-refractivity contribution in [3.05, 3.63) is 34.9 Å². The van der Waals surface area contributed by atoms with Crippen LogP contribution in [0.1, 0.15) is 42.9 Å². The highest BCUT2D eigenvalue weighted by Crippen LogP contribution is 2.55. The van der Waals surface area contributed by atoms with Crippen molar-refractivity contribution in [2.45, 2.75) is 45.6 Å². The molecule has 1 aromatic carbocycles. The van der Waals surface area contributed by atoms with Gasteiger partial charge in [0.15, 0.2) is 0 Å². The Morgan fingerprint density at radius 2 is 2.13 bits per heavy atom. The van der Waals surface area contributed by atoms with E-state index in [0.717, 1.165) is 24.8 Å². The topological polar surface area (TPSA) is 20.2 Å². The lowest BCUT2D eigenvalue weighted by Gasteiger charge is -2.14. The first-order valence-corrected chi connectivity index (χ1v) is 5.88. The summed E-state index contributed by atoms with van der Waals surface area (Å²) >= 11 is 0. The van der Waals surface area contributed by atoms with E-state index in [4.69, 9.17) is 0 Å². The van der Waals surface area contributed by atoms with E-state index in [9.17, 15) is 5.11 Å². The van der Waals surface area contributed by atoms with Crippen LogP contribution in [0.3, 0.4) is 0 Å². The van der Waals surface area contributed by atoms with Crippen LogP contribution in [0.5, 0.6) is 0 Å². The molecule has 0 saturated heterocycles. The second kappa shape index (κ2) is 3.64. The van der Waals surface area contributed by atoms with Crippen LogP contribution in [0.2, 0.25) is 0 Å². The Hall–Kier alpha value is -0.820. The number of rotatable bonds is 3. The molecule has 82 valence electrons. The fourth-order valence-corrected chi connectivity index (χ4v) is 2.54. The molecule has 1 heteroatoms. The molecule has 0 spiro atoms. The summed E-state index contributed by atoms with van der Waals surface area (Å²) in [4.78, 5) is 0. The van der Waals surface area contributed by atoms with Crippen LogP contribution in [-0.4, -0.2) is 5.11 Å². The van der Waals surface area contributed by atoms with Crippen molar-refractivity contribution in [3.8, 4) is 0 Å². The highest BCUT2D eigenvalue weighted by atomic mass is 16.3. The predicted octanol–water partition coefficient (Wildman–Crippen LogP) is 3.31. The highest BCUT2D eigenvalue weighted by molar-refractivity contribution is 5.39. The van der Waals surface area contributed by atoms with Gasteiger partial charge in [0.05, 0.1) is 5.60 Å². The fourth-order valence-electron chi connectivity index (χ4n) is 2.54. The monoisotopic (exact) mass is 204 g/mol. The Morgan fingerprint density at radius 1 is 1.40 bits per heavy atom. The van der Waals surface area contributed by atoms with E-state index < -0.39 is 5.60 Å². The summed E-state index contributed by atoms with van der Waals surface area (Å²) in [5.74, 6) is 0.489. The largest absolute Gasteiger partial charge is 0.385 e. The summed E-state index contributed by atoms with van der Waals surface area (Å²) < 4.78 is 0. The van der Waals surface area contributed by atoms with E-state index >= 15 is 0 Å². The Labute approximate surface area is 92.1 Å². The smallest absolute Gasteiger partial charge is 0.0932 e. The van der Waals surface area contributed by atoms with Gasteiger partial charge in [0, 0.05) is 0 Å². The molecule has 1 saturated carbocycles. The van der Waals surface area contributed by atoms with Gasteiger partial charge in [-0.3, -0.25) is 0 Å². The van der Waals surface area contributed by atoms with Crippen LogP contribution in [0.15, 0.2) is 18.2 Å². The molecule has 0 heterocycles. The third kappa shape index (κ3) is 1.81. The quantitative estimate of drug-likeness (QED) is 0.801. The van der Waals surface area contributed by atoms with E-state index in [0.29, 0.717) is 5.92 Å². The number of benzene rings is 1. The van der Waals surface area contributed by atoms with E-state index in [-0.39, 0.29) is 0 Å². The molecular formula is C14H20O. The molecule has 2 unspecified atom stereocenters. The van der Waals surface area contributed by atoms with Gasteiger partial charge in [-0.15, -0.1) is 0 Å². The maximum atomic E-state index is 10.5. The summed E-state index contributed by atoms with van der Waals surface area (Å²) in [6.07, 6.45) is 3.26. The lowest BCUT2D eigenvalue weighted by Crippen LogP contribution is -2.11. The van der Waals surface area contributed by atoms with E-state index in [1.807, 2.05) is 0 Å². The minimum absolute atomic E-state index is 0.489. The highest BCUT2D eigenvalue weighted by Gasteiger charge is 2.53. The van der Waals surface area contributed by atoms with Crippen LogP contribution in [-0.2, 0) is 5.60 Å². The van der Waals surface area contributed by atoms with Gasteiger partial charge in [-0.25, -0.2) is 0 Å². The van der Waals surface area contributed by atoms with Crippen molar-refractivity contribution >= 4 is 0 Å². The summed E-state index contributed by atoms with van der Waals surface area (Å²) in [7, 11) is 0. The maximum absolute atomic E-state index is 10.5. The third-order valence-electron chi connectivity index (χ3n) is 3.57. The molecule has 2 rings (SSSR count). The number of hydrogen-bond acceptors (Lipinski definition) is 1. The van der Waals surface area contributed by atoms with Gasteiger partial charge >= 0.3 is 0 Å². The minimum atomic E-state index is -0.508. The average molecular weight is 204 g/mol. The first-order valence-electron chi connectivity index (χ1n) is 5.88. The number of aryl methyl sites for hydroxylation is 2. The summed E-state index contributed by atoms with van der Waals surface area (Å²) in [5, 5.41) is 10.5. The maximum Gasteiger partial charge on any atom is 0.0932 e. The molecular weight excluding hydrogens is 184 g/mol. The minimum Gasteiger partial charge on any atom is -0.385 e. The molecule has 15 heavy (non-hydrogen) atoms. The first-order chi connectivity index (χ1) is 7.08. The van der Waals surface area contributed by atoms with Gasteiger partial charge in [0.2, 0.25) is 0 Å². The number of hydrogen-bond donors (Lipinski definition) is 1. The van der Waals surface area contributed by atoms with E-state index in [1.165, 1.54) is 11.1 Å². The molecule has 1 nitrogen and oxygen atoms in total. The summed E-state index contributed by atoms with van der Waals surface area (Å²) in [6, 6.07) is 6.37. The molecule has 0 amide bonds. The molecule has 0 aliphatic heterocycles. The molecule has 0 bridgehead atoms. The zero-order chi connectivity index (χ0) is 11.1. The van der Waals surface area contributed by atoms with Crippen molar-refractivity contribution in [1.29, 1.82) is 0 Å². The van der Waals surface area contributed by atoms with Crippen molar-refractivity contribution in [1.82, 2.24) is 0 Å². The van der Waals surface area contributed by atoms with Crippen LogP contribution in [0.25, 0.3) is 0 Å². The van der Waals surface area contributed by atoms with Crippen molar-refractivity contribution < 1.29 is 5.11 Å². The lowest BCUT2D eigenvalue weighted by atomic mass is 9.97. The van der Waals surface area contributed by atoms with E-state index in [2.05, 4.69) is 39.0 Å². The summed E-state index contributed by atoms with van der Waals surface area (Å²) in [5.41, 5.74) is 3.11. The molecule has 1 N–H and O–H groups in total. The lowest BCUT2D eigenvalue weighted by molar-refractivity contribution is 0.128. The average Bonchev–Trinajstić information content (AvgIpc) is 2.83. The van der Waals surface area contributed by atoms with Gasteiger partial charge in [-0.1, -0.05) is 37.1 Å². The van der Waals surface area contributed by atoms with Crippen LogP contribution in [0, 0.1) is 19.8 Å². The Morgan fingerprint density at radius 3 is 2.80 bits per heavy atom. The van der Waals surface area contributed by atoms with Gasteiger partial charge in [0.25, 0.3) is 0 Å². The molecule has 2 atom stereocenters. The zero-order valence-corrected chi connectivity index (χ0v) is 9.88. The zero-order valence-electron chi connectivity index (χ0n) is 9.88. The SMILES string of the molecule is CCCC1CC1(O)c1cc(C)ccc1C. The normalized spacial score (nSPS) is 29.2. The number of aliphatic hydroxyl groups is 1. The summed E-state index contributed by atoms with van der Waals surface area (Å²) in [6.45, 7) is 6.36. The fraction of sp³-hybridized carbons (Fsp3) is 0.571. The molecule has 1 aliphatic carbocycles. The predicted molar refractivity (Wildman–Crippen MR) is 62.8 cm³/mol. The second-order valence-corrected chi connectivity index (χ2v) is 4.93. The second-order valence-electron chi connectivity index (χ2n) is 4.93. The van der Waals surface area contributed by atoms with Crippen LogP contribution in [0.4, 0.5) is 0 Å². The first kappa shape index (κ1) is 10.7. The molecule has 0 radical (unpaired) electrons. The Balaban J connectivity index is 2.27. The van der Waals surface area contributed by atoms with Crippen molar-refractivity contribution in [2.24, 2.45) is 5.92 Å². The van der Waals surface area contributed by atoms with Crippen molar-refractivity contribution in [3.63, 3.8) is 0 Å².